The van der Waals surface area contributed by atoms with Crippen LogP contribution in [0, 0.1) is 5.92 Å². The number of aromatic nitrogens is 1. The van der Waals surface area contributed by atoms with Gasteiger partial charge in [0.2, 0.25) is 0 Å². The van der Waals surface area contributed by atoms with Gasteiger partial charge in [-0.05, 0) is 36.8 Å². The Morgan fingerprint density at radius 2 is 2.19 bits per heavy atom. The molecule has 1 aliphatic rings. The van der Waals surface area contributed by atoms with Gasteiger partial charge in [-0.3, -0.25) is 0 Å². The van der Waals surface area contributed by atoms with Gasteiger partial charge in [0.15, 0.2) is 0 Å². The molecular formula is C15H19N. The van der Waals surface area contributed by atoms with Gasteiger partial charge in [0, 0.05) is 16.6 Å². The Morgan fingerprint density at radius 3 is 3.06 bits per heavy atom. The summed E-state index contributed by atoms with van der Waals surface area (Å²) in [5.74, 6) is 0.908. The van der Waals surface area contributed by atoms with E-state index < -0.39 is 0 Å². The molecule has 0 fully saturated rings. The number of aromatic amines is 1. The van der Waals surface area contributed by atoms with Crippen molar-refractivity contribution >= 4 is 10.9 Å². The van der Waals surface area contributed by atoms with Gasteiger partial charge < -0.3 is 4.98 Å². The fourth-order valence-electron chi connectivity index (χ4n) is 3.11. The van der Waals surface area contributed by atoms with Crippen LogP contribution in [0.3, 0.4) is 0 Å². The van der Waals surface area contributed by atoms with E-state index in [1.165, 1.54) is 48.7 Å². The molecule has 1 heteroatoms. The highest BCUT2D eigenvalue weighted by atomic mass is 14.7. The lowest BCUT2D eigenvalue weighted by Crippen LogP contribution is -2.13. The summed E-state index contributed by atoms with van der Waals surface area (Å²) in [6, 6.07) is 8.72. The van der Waals surface area contributed by atoms with E-state index in [0.717, 1.165) is 5.92 Å². The number of para-hydroxylation sites is 1. The maximum atomic E-state index is 3.60. The second-order valence-corrected chi connectivity index (χ2v) is 5.03. The fraction of sp³-hybridized carbons (Fsp3) is 0.467. The summed E-state index contributed by atoms with van der Waals surface area (Å²) in [7, 11) is 0. The predicted octanol–water partition coefficient (Wildman–Crippen LogP) is 4.07. The number of aryl methyl sites for hydroxylation is 1. The molecule has 1 N–H and O–H groups in total. The number of rotatable bonds is 2. The van der Waals surface area contributed by atoms with Crippen LogP contribution in [0.5, 0.6) is 0 Å². The Hall–Kier alpha value is -1.24. The van der Waals surface area contributed by atoms with Crippen molar-refractivity contribution in [1.29, 1.82) is 0 Å². The molecule has 0 saturated carbocycles. The molecule has 84 valence electrons. The first-order valence-electron chi connectivity index (χ1n) is 6.47. The number of fused-ring (bicyclic) bond motifs is 3. The fourth-order valence-corrected chi connectivity index (χ4v) is 3.11. The summed E-state index contributed by atoms with van der Waals surface area (Å²) in [6.07, 6.45) is 6.61. The molecule has 0 aliphatic heterocycles. The minimum atomic E-state index is 0.908. The van der Waals surface area contributed by atoms with E-state index in [2.05, 4.69) is 36.2 Å². The average molecular weight is 213 g/mol. The van der Waals surface area contributed by atoms with Crippen molar-refractivity contribution in [2.75, 3.05) is 0 Å². The second-order valence-electron chi connectivity index (χ2n) is 5.03. The lowest BCUT2D eigenvalue weighted by Gasteiger charge is -2.21. The summed E-state index contributed by atoms with van der Waals surface area (Å²) >= 11 is 0. The molecule has 16 heavy (non-hydrogen) atoms. The first-order valence-corrected chi connectivity index (χ1v) is 6.47. The van der Waals surface area contributed by atoms with E-state index in [4.69, 9.17) is 0 Å². The predicted molar refractivity (Wildman–Crippen MR) is 68.7 cm³/mol. The van der Waals surface area contributed by atoms with Crippen molar-refractivity contribution in [2.24, 2.45) is 5.92 Å². The number of H-pyrrole nitrogens is 1. The molecule has 0 radical (unpaired) electrons. The zero-order valence-electron chi connectivity index (χ0n) is 9.92. The van der Waals surface area contributed by atoms with Crippen LogP contribution in [-0.2, 0) is 12.8 Å². The third kappa shape index (κ3) is 1.55. The molecule has 2 aromatic rings. The van der Waals surface area contributed by atoms with E-state index in [1.54, 1.807) is 5.56 Å². The van der Waals surface area contributed by atoms with E-state index >= 15 is 0 Å². The van der Waals surface area contributed by atoms with Crippen LogP contribution in [-0.4, -0.2) is 4.98 Å². The Labute approximate surface area is 96.9 Å². The van der Waals surface area contributed by atoms with Crippen molar-refractivity contribution < 1.29 is 0 Å². The van der Waals surface area contributed by atoms with Crippen LogP contribution in [0.1, 0.15) is 37.4 Å². The molecule has 1 nitrogen and oxygen atoms in total. The first kappa shape index (κ1) is 9.95. The van der Waals surface area contributed by atoms with Gasteiger partial charge in [0.1, 0.15) is 0 Å². The Morgan fingerprint density at radius 1 is 1.31 bits per heavy atom. The summed E-state index contributed by atoms with van der Waals surface area (Å²) in [5, 5.41) is 1.45. The van der Waals surface area contributed by atoms with Gasteiger partial charge >= 0.3 is 0 Å². The molecule has 0 spiro atoms. The van der Waals surface area contributed by atoms with E-state index in [-0.39, 0.29) is 0 Å². The van der Waals surface area contributed by atoms with Gasteiger partial charge in [-0.25, -0.2) is 0 Å². The molecule has 1 unspecified atom stereocenters. The van der Waals surface area contributed by atoms with Crippen molar-refractivity contribution in [3.05, 3.63) is 35.5 Å². The molecule has 0 saturated heterocycles. The van der Waals surface area contributed by atoms with Gasteiger partial charge in [0.05, 0.1) is 0 Å². The van der Waals surface area contributed by atoms with E-state index in [0.29, 0.717) is 0 Å². The minimum absolute atomic E-state index is 0.908. The first-order chi connectivity index (χ1) is 7.88. The van der Waals surface area contributed by atoms with Crippen molar-refractivity contribution in [3.8, 4) is 0 Å². The zero-order valence-corrected chi connectivity index (χ0v) is 9.92. The summed E-state index contributed by atoms with van der Waals surface area (Å²) in [6.45, 7) is 2.29. The highest BCUT2D eigenvalue weighted by Gasteiger charge is 2.21. The molecule has 1 aliphatic carbocycles. The monoisotopic (exact) mass is 213 g/mol. The topological polar surface area (TPSA) is 15.8 Å². The molecule has 1 atom stereocenters. The number of nitrogens with one attached hydrogen (secondary N) is 1. The minimum Gasteiger partial charge on any atom is -0.358 e. The molecule has 1 aromatic heterocycles. The maximum absolute atomic E-state index is 3.60. The largest absolute Gasteiger partial charge is 0.358 e. The molecule has 0 bridgehead atoms. The van der Waals surface area contributed by atoms with Crippen LogP contribution in [0.4, 0.5) is 0 Å². The summed E-state index contributed by atoms with van der Waals surface area (Å²) in [4.78, 5) is 3.60. The molecule has 1 heterocycles. The van der Waals surface area contributed by atoms with Crippen LogP contribution < -0.4 is 0 Å². The van der Waals surface area contributed by atoms with Crippen molar-refractivity contribution in [1.82, 2.24) is 4.98 Å². The molecular weight excluding hydrogens is 194 g/mol. The summed E-state index contributed by atoms with van der Waals surface area (Å²) < 4.78 is 0. The highest BCUT2D eigenvalue weighted by Crippen LogP contribution is 2.32. The maximum Gasteiger partial charge on any atom is 0.0458 e. The normalized spacial score (nSPS) is 19.9. The highest BCUT2D eigenvalue weighted by molar-refractivity contribution is 5.84. The SMILES string of the molecule is CCCC1CCc2c([nH]c3ccccc23)C1. The third-order valence-corrected chi connectivity index (χ3v) is 3.89. The quantitative estimate of drug-likeness (QED) is 0.774. The second kappa shape index (κ2) is 3.97. The molecule has 0 amide bonds. The standard InChI is InChI=1S/C15H19N/c1-2-5-11-8-9-13-12-6-3-4-7-14(12)16-15(13)10-11/h3-4,6-7,11,16H,2,5,8-10H2,1H3. The van der Waals surface area contributed by atoms with Gasteiger partial charge in [-0.1, -0.05) is 38.0 Å². The van der Waals surface area contributed by atoms with Crippen molar-refractivity contribution in [3.63, 3.8) is 0 Å². The van der Waals surface area contributed by atoms with Crippen LogP contribution >= 0.6 is 0 Å². The van der Waals surface area contributed by atoms with Gasteiger partial charge in [-0.15, -0.1) is 0 Å². The van der Waals surface area contributed by atoms with E-state index in [1.807, 2.05) is 0 Å². The van der Waals surface area contributed by atoms with Crippen LogP contribution in [0.15, 0.2) is 24.3 Å². The smallest absolute Gasteiger partial charge is 0.0458 e. The Bertz CT molecular complexity index is 495. The van der Waals surface area contributed by atoms with Crippen LogP contribution in [0.2, 0.25) is 0 Å². The average Bonchev–Trinajstić information content (AvgIpc) is 2.67. The molecule has 1 aromatic carbocycles. The number of hydrogen-bond acceptors (Lipinski definition) is 0. The van der Waals surface area contributed by atoms with Gasteiger partial charge in [0.25, 0.3) is 0 Å². The molecule has 3 rings (SSSR count). The Kier molecular flexibility index (Phi) is 2.47. The lowest BCUT2D eigenvalue weighted by molar-refractivity contribution is 0.420. The van der Waals surface area contributed by atoms with Gasteiger partial charge in [-0.2, -0.15) is 0 Å². The van der Waals surface area contributed by atoms with Crippen molar-refractivity contribution in [2.45, 2.75) is 39.0 Å². The van der Waals surface area contributed by atoms with E-state index in [9.17, 15) is 0 Å². The van der Waals surface area contributed by atoms with Crippen LogP contribution in [0.25, 0.3) is 10.9 Å². The summed E-state index contributed by atoms with van der Waals surface area (Å²) in [5.41, 5.74) is 4.42. The third-order valence-electron chi connectivity index (χ3n) is 3.89. The number of hydrogen-bond donors (Lipinski definition) is 1. The Balaban J connectivity index is 1.99. The lowest BCUT2D eigenvalue weighted by atomic mass is 9.84. The zero-order chi connectivity index (χ0) is 11.0. The number of benzene rings is 1.